The molecule has 2 aromatic rings. The van der Waals surface area contributed by atoms with Crippen LogP contribution in [-0.4, -0.2) is 43.3 Å². The molecular weight excluding hydrogens is 328 g/mol. The molecule has 1 fully saturated rings. The van der Waals surface area contributed by atoms with E-state index in [9.17, 15) is 9.59 Å². The third kappa shape index (κ3) is 4.22. The van der Waals surface area contributed by atoms with E-state index >= 15 is 0 Å². The van der Waals surface area contributed by atoms with Crippen molar-refractivity contribution in [2.24, 2.45) is 5.92 Å². The predicted octanol–water partition coefficient (Wildman–Crippen LogP) is 1.62. The number of thioether (sulfide) groups is 1. The molecule has 0 unspecified atom stereocenters. The van der Waals surface area contributed by atoms with Gasteiger partial charge >= 0.3 is 6.03 Å². The first-order chi connectivity index (χ1) is 11.6. The van der Waals surface area contributed by atoms with Gasteiger partial charge in [0.05, 0.1) is 5.75 Å². The van der Waals surface area contributed by atoms with Crippen LogP contribution >= 0.6 is 11.8 Å². The second-order valence-corrected chi connectivity index (χ2v) is 6.88. The molecular formula is C15H20N6O2S. The zero-order chi connectivity index (χ0) is 16.9. The van der Waals surface area contributed by atoms with E-state index in [2.05, 4.69) is 32.6 Å². The second-order valence-electron chi connectivity index (χ2n) is 5.94. The van der Waals surface area contributed by atoms with Crippen molar-refractivity contribution in [2.45, 2.75) is 43.8 Å². The summed E-state index contributed by atoms with van der Waals surface area (Å²) in [6.07, 6.45) is 7.77. The Morgan fingerprint density at radius 2 is 2.21 bits per heavy atom. The Labute approximate surface area is 143 Å². The average Bonchev–Trinajstić information content (AvgIpc) is 2.98. The lowest BCUT2D eigenvalue weighted by atomic mass is 9.86. The number of carbonyl (C=O) groups is 2. The van der Waals surface area contributed by atoms with E-state index in [1.165, 1.54) is 22.7 Å². The minimum absolute atomic E-state index is 0.0739. The fourth-order valence-electron chi connectivity index (χ4n) is 2.80. The summed E-state index contributed by atoms with van der Waals surface area (Å²) >= 11 is 1.17. The first-order valence-electron chi connectivity index (χ1n) is 8.02. The van der Waals surface area contributed by atoms with E-state index < -0.39 is 6.03 Å². The summed E-state index contributed by atoms with van der Waals surface area (Å²) in [6.45, 7) is 2.13. The molecule has 2 N–H and O–H groups in total. The Morgan fingerprint density at radius 3 is 3.00 bits per heavy atom. The lowest BCUT2D eigenvalue weighted by Crippen LogP contribution is -2.48. The highest BCUT2D eigenvalue weighted by atomic mass is 32.2. The van der Waals surface area contributed by atoms with Gasteiger partial charge < -0.3 is 5.32 Å². The summed E-state index contributed by atoms with van der Waals surface area (Å²) in [4.78, 5) is 32.1. The van der Waals surface area contributed by atoms with Gasteiger partial charge in [-0.15, -0.1) is 5.10 Å². The fourth-order valence-corrected chi connectivity index (χ4v) is 3.43. The molecule has 24 heavy (non-hydrogen) atoms. The van der Waals surface area contributed by atoms with Crippen LogP contribution in [0.15, 0.2) is 23.6 Å². The van der Waals surface area contributed by atoms with E-state index in [1.807, 2.05) is 0 Å². The monoisotopic (exact) mass is 348 g/mol. The average molecular weight is 348 g/mol. The van der Waals surface area contributed by atoms with Crippen LogP contribution in [0.5, 0.6) is 0 Å². The molecule has 3 amide bonds. The fraction of sp³-hybridized carbons (Fsp3) is 0.533. The number of aromatic nitrogens is 4. The van der Waals surface area contributed by atoms with Gasteiger partial charge in [0.1, 0.15) is 0 Å². The molecule has 0 saturated heterocycles. The molecule has 9 heteroatoms. The Balaban J connectivity index is 1.45. The summed E-state index contributed by atoms with van der Waals surface area (Å²) < 4.78 is 1.54. The van der Waals surface area contributed by atoms with Crippen molar-refractivity contribution < 1.29 is 9.59 Å². The van der Waals surface area contributed by atoms with Crippen molar-refractivity contribution in [3.05, 3.63) is 18.5 Å². The lowest BCUT2D eigenvalue weighted by molar-refractivity contribution is -0.117. The molecule has 2 atom stereocenters. The standard InChI is InChI=1S/C15H20N6O2S/c1-10-5-2-3-6-11(10)17-14(23)18-12(22)9-24-15-19-13-16-7-4-8-21(13)20-15/h4,7-8,10-11H,2-3,5-6,9H2,1H3,(H2,17,18,22,23)/t10-,11+/m1/s1. The molecule has 1 aliphatic carbocycles. The van der Waals surface area contributed by atoms with Crippen LogP contribution in [0, 0.1) is 5.92 Å². The quantitative estimate of drug-likeness (QED) is 0.814. The van der Waals surface area contributed by atoms with Gasteiger partial charge in [0.25, 0.3) is 5.78 Å². The van der Waals surface area contributed by atoms with Crippen LogP contribution < -0.4 is 10.6 Å². The molecule has 3 rings (SSSR count). The zero-order valence-corrected chi connectivity index (χ0v) is 14.3. The number of hydrogen-bond donors (Lipinski definition) is 2. The number of carbonyl (C=O) groups excluding carboxylic acids is 2. The summed E-state index contributed by atoms with van der Waals surface area (Å²) in [7, 11) is 0. The zero-order valence-electron chi connectivity index (χ0n) is 13.4. The Bertz CT molecular complexity index is 701. The van der Waals surface area contributed by atoms with Gasteiger partial charge in [-0.1, -0.05) is 31.5 Å². The number of nitrogens with zero attached hydrogens (tertiary/aromatic N) is 4. The molecule has 0 bridgehead atoms. The molecule has 1 saturated carbocycles. The number of hydrogen-bond acceptors (Lipinski definition) is 6. The van der Waals surface area contributed by atoms with E-state index in [0.717, 1.165) is 19.3 Å². The minimum Gasteiger partial charge on any atom is -0.335 e. The normalized spacial score (nSPS) is 20.7. The third-order valence-electron chi connectivity index (χ3n) is 4.11. The number of amides is 3. The molecule has 2 heterocycles. The molecule has 2 aromatic heterocycles. The third-order valence-corrected chi connectivity index (χ3v) is 4.95. The predicted molar refractivity (Wildman–Crippen MR) is 89.6 cm³/mol. The summed E-state index contributed by atoms with van der Waals surface area (Å²) in [5, 5.41) is 9.90. The largest absolute Gasteiger partial charge is 0.335 e. The lowest BCUT2D eigenvalue weighted by Gasteiger charge is -2.29. The Kier molecular flexibility index (Phi) is 5.29. The van der Waals surface area contributed by atoms with E-state index in [0.29, 0.717) is 16.9 Å². The van der Waals surface area contributed by atoms with Crippen molar-refractivity contribution >= 4 is 29.5 Å². The number of urea groups is 1. The second kappa shape index (κ2) is 7.61. The van der Waals surface area contributed by atoms with Gasteiger partial charge in [0.2, 0.25) is 11.1 Å². The highest BCUT2D eigenvalue weighted by Gasteiger charge is 2.23. The van der Waals surface area contributed by atoms with Crippen LogP contribution in [0.3, 0.4) is 0 Å². The summed E-state index contributed by atoms with van der Waals surface area (Å²) in [5.74, 6) is 0.630. The molecule has 8 nitrogen and oxygen atoms in total. The SMILES string of the molecule is C[C@@H]1CCCC[C@@H]1NC(=O)NC(=O)CSc1nc2ncccn2n1. The first-order valence-corrected chi connectivity index (χ1v) is 9.01. The minimum atomic E-state index is -0.427. The van der Waals surface area contributed by atoms with Gasteiger partial charge in [-0.05, 0) is 24.8 Å². The number of nitrogens with one attached hydrogen (secondary N) is 2. The van der Waals surface area contributed by atoms with E-state index in [-0.39, 0.29) is 17.7 Å². The molecule has 0 aromatic carbocycles. The summed E-state index contributed by atoms with van der Waals surface area (Å²) in [5.41, 5.74) is 0. The maximum Gasteiger partial charge on any atom is 0.321 e. The maximum absolute atomic E-state index is 11.9. The number of imide groups is 1. The van der Waals surface area contributed by atoms with Crippen molar-refractivity contribution in [2.75, 3.05) is 5.75 Å². The molecule has 0 spiro atoms. The summed E-state index contributed by atoms with van der Waals surface area (Å²) in [6, 6.07) is 1.47. The molecule has 1 aliphatic rings. The Hall–Kier alpha value is -2.16. The van der Waals surface area contributed by atoms with Crippen LogP contribution in [0.1, 0.15) is 32.6 Å². The van der Waals surface area contributed by atoms with Crippen LogP contribution in [0.2, 0.25) is 0 Å². The van der Waals surface area contributed by atoms with E-state index in [4.69, 9.17) is 0 Å². The molecule has 0 aliphatic heterocycles. The van der Waals surface area contributed by atoms with Gasteiger partial charge in [-0.3, -0.25) is 10.1 Å². The smallest absolute Gasteiger partial charge is 0.321 e. The van der Waals surface area contributed by atoms with E-state index in [1.54, 1.807) is 18.5 Å². The van der Waals surface area contributed by atoms with Crippen molar-refractivity contribution in [3.8, 4) is 0 Å². The van der Waals surface area contributed by atoms with Crippen molar-refractivity contribution in [1.82, 2.24) is 30.2 Å². The first kappa shape index (κ1) is 16.7. The van der Waals surface area contributed by atoms with Crippen LogP contribution in [0.4, 0.5) is 4.79 Å². The number of rotatable bonds is 4. The van der Waals surface area contributed by atoms with Crippen molar-refractivity contribution in [1.29, 1.82) is 0 Å². The van der Waals surface area contributed by atoms with Crippen LogP contribution in [0.25, 0.3) is 5.78 Å². The highest BCUT2D eigenvalue weighted by molar-refractivity contribution is 7.99. The van der Waals surface area contributed by atoms with Crippen molar-refractivity contribution in [3.63, 3.8) is 0 Å². The topological polar surface area (TPSA) is 101 Å². The van der Waals surface area contributed by atoms with Gasteiger partial charge in [-0.2, -0.15) is 4.98 Å². The number of fused-ring (bicyclic) bond motifs is 1. The molecule has 0 radical (unpaired) electrons. The highest BCUT2D eigenvalue weighted by Crippen LogP contribution is 2.23. The van der Waals surface area contributed by atoms with Crippen LogP contribution in [-0.2, 0) is 4.79 Å². The maximum atomic E-state index is 11.9. The Morgan fingerprint density at radius 1 is 1.38 bits per heavy atom. The van der Waals surface area contributed by atoms with Gasteiger partial charge in [0.15, 0.2) is 0 Å². The van der Waals surface area contributed by atoms with Gasteiger partial charge in [0, 0.05) is 18.4 Å². The van der Waals surface area contributed by atoms with Gasteiger partial charge in [-0.25, -0.2) is 14.3 Å². The molecule has 128 valence electrons.